The van der Waals surface area contributed by atoms with Gasteiger partial charge in [0.05, 0.1) is 11.7 Å². The first-order valence-corrected chi connectivity index (χ1v) is 10.5. The van der Waals surface area contributed by atoms with E-state index < -0.39 is 5.97 Å². The van der Waals surface area contributed by atoms with Crippen LogP contribution in [0.4, 0.5) is 5.69 Å². The Kier molecular flexibility index (Phi) is 8.16. The molecule has 1 fully saturated rings. The quantitative estimate of drug-likeness (QED) is 0.709. The number of carbonyl (C=O) groups is 3. The van der Waals surface area contributed by atoms with Gasteiger partial charge in [0, 0.05) is 30.4 Å². The summed E-state index contributed by atoms with van der Waals surface area (Å²) in [6.07, 6.45) is 2.43. The highest BCUT2D eigenvalue weighted by atomic mass is 32.2. The number of rotatable bonds is 8. The number of likely N-dealkylation sites (tertiary alicyclic amines) is 1. The molecule has 1 aliphatic heterocycles. The molecule has 1 aromatic carbocycles. The van der Waals surface area contributed by atoms with Gasteiger partial charge in [-0.2, -0.15) is 0 Å². The lowest BCUT2D eigenvalue weighted by atomic mass is 9.95. The molecule has 7 heteroatoms. The van der Waals surface area contributed by atoms with Crippen molar-refractivity contribution in [3.8, 4) is 0 Å². The van der Waals surface area contributed by atoms with E-state index in [9.17, 15) is 14.4 Å². The van der Waals surface area contributed by atoms with Crippen molar-refractivity contribution in [1.82, 2.24) is 4.90 Å². The zero-order valence-corrected chi connectivity index (χ0v) is 16.8. The Morgan fingerprint density at radius 1 is 1.37 bits per heavy atom. The van der Waals surface area contributed by atoms with Crippen LogP contribution < -0.4 is 5.32 Å². The molecule has 27 heavy (non-hydrogen) atoms. The highest BCUT2D eigenvalue weighted by Gasteiger charge is 2.29. The van der Waals surface area contributed by atoms with E-state index in [0.717, 1.165) is 31.4 Å². The molecule has 0 radical (unpaired) electrons. The molecule has 148 valence electrons. The van der Waals surface area contributed by atoms with E-state index in [1.165, 1.54) is 11.8 Å². The lowest BCUT2D eigenvalue weighted by Crippen LogP contribution is -2.45. The van der Waals surface area contributed by atoms with E-state index in [1.807, 2.05) is 43.0 Å². The summed E-state index contributed by atoms with van der Waals surface area (Å²) in [5, 5.41) is 11.7. The fourth-order valence-corrected chi connectivity index (χ4v) is 3.81. The average molecular weight is 393 g/mol. The maximum absolute atomic E-state index is 12.7. The molecule has 0 aliphatic carbocycles. The number of carboxylic acid groups (broad SMARTS) is 1. The number of aliphatic carboxylic acids is 1. The van der Waals surface area contributed by atoms with E-state index >= 15 is 0 Å². The first kappa shape index (κ1) is 21.3. The molecule has 2 atom stereocenters. The molecule has 2 amide bonds. The summed E-state index contributed by atoms with van der Waals surface area (Å²) >= 11 is 1.32. The van der Waals surface area contributed by atoms with E-state index in [2.05, 4.69) is 5.32 Å². The van der Waals surface area contributed by atoms with Crippen LogP contribution in [0.1, 0.15) is 38.7 Å². The van der Waals surface area contributed by atoms with Gasteiger partial charge in [-0.1, -0.05) is 26.0 Å². The van der Waals surface area contributed by atoms with E-state index in [1.54, 1.807) is 0 Å². The summed E-state index contributed by atoms with van der Waals surface area (Å²) in [7, 11) is 0. The molecule has 0 spiro atoms. The van der Waals surface area contributed by atoms with Gasteiger partial charge in [0.15, 0.2) is 0 Å². The third-order valence-electron chi connectivity index (χ3n) is 4.83. The molecule has 1 aliphatic rings. The maximum Gasteiger partial charge on any atom is 0.313 e. The third kappa shape index (κ3) is 6.57. The largest absolute Gasteiger partial charge is 0.481 e. The molecular weight excluding hydrogens is 364 g/mol. The Hall–Kier alpha value is -2.02. The monoisotopic (exact) mass is 392 g/mol. The van der Waals surface area contributed by atoms with Gasteiger partial charge in [-0.3, -0.25) is 14.4 Å². The minimum Gasteiger partial charge on any atom is -0.481 e. The predicted molar refractivity (Wildman–Crippen MR) is 108 cm³/mol. The van der Waals surface area contributed by atoms with Crippen LogP contribution in [0.15, 0.2) is 24.3 Å². The zero-order valence-electron chi connectivity index (χ0n) is 15.9. The van der Waals surface area contributed by atoms with Crippen LogP contribution >= 0.6 is 11.8 Å². The van der Waals surface area contributed by atoms with Crippen molar-refractivity contribution in [2.24, 2.45) is 11.8 Å². The molecular formula is C20H28N2O4S. The number of carboxylic acids is 1. The second-order valence-corrected chi connectivity index (χ2v) is 7.99. The zero-order chi connectivity index (χ0) is 19.8. The van der Waals surface area contributed by atoms with Gasteiger partial charge in [-0.25, -0.2) is 0 Å². The predicted octanol–water partition coefficient (Wildman–Crippen LogP) is 3.23. The first-order valence-electron chi connectivity index (χ1n) is 9.38. The number of nitrogens with zero attached hydrogens (tertiary/aromatic N) is 1. The SMILES string of the molecule is CCC(C)C(=O)N1CCCC(C(=O)Nc2cccc(CSCC(=O)O)c2)C1. The van der Waals surface area contributed by atoms with Gasteiger partial charge in [0.1, 0.15) is 0 Å². The summed E-state index contributed by atoms with van der Waals surface area (Å²) in [4.78, 5) is 37.5. The van der Waals surface area contributed by atoms with Crippen molar-refractivity contribution in [3.05, 3.63) is 29.8 Å². The Morgan fingerprint density at radius 3 is 2.85 bits per heavy atom. The number of piperidine rings is 1. The van der Waals surface area contributed by atoms with Crippen LogP contribution in [-0.2, 0) is 20.1 Å². The van der Waals surface area contributed by atoms with Crippen molar-refractivity contribution in [1.29, 1.82) is 0 Å². The Bertz CT molecular complexity index is 680. The summed E-state index contributed by atoms with van der Waals surface area (Å²) in [5.41, 5.74) is 1.68. The molecule has 1 aromatic rings. The van der Waals surface area contributed by atoms with Crippen molar-refractivity contribution in [3.63, 3.8) is 0 Å². The van der Waals surface area contributed by atoms with E-state index in [4.69, 9.17) is 5.11 Å². The molecule has 1 heterocycles. The number of nitrogens with one attached hydrogen (secondary N) is 1. The topological polar surface area (TPSA) is 86.7 Å². The minimum absolute atomic E-state index is 0.00760. The third-order valence-corrected chi connectivity index (χ3v) is 5.82. The van der Waals surface area contributed by atoms with Gasteiger partial charge < -0.3 is 15.3 Å². The highest BCUT2D eigenvalue weighted by molar-refractivity contribution is 7.99. The maximum atomic E-state index is 12.7. The van der Waals surface area contributed by atoms with Gasteiger partial charge in [-0.05, 0) is 37.0 Å². The lowest BCUT2D eigenvalue weighted by molar-refractivity contribution is -0.138. The summed E-state index contributed by atoms with van der Waals surface area (Å²) in [6, 6.07) is 7.47. The molecule has 1 saturated heterocycles. The Balaban J connectivity index is 1.92. The lowest BCUT2D eigenvalue weighted by Gasteiger charge is -2.33. The van der Waals surface area contributed by atoms with Crippen LogP contribution in [-0.4, -0.2) is 46.6 Å². The standard InChI is InChI=1S/C20H28N2O4S/c1-3-14(2)20(26)22-9-5-7-16(11-22)19(25)21-17-8-4-6-15(10-17)12-27-13-18(23)24/h4,6,8,10,14,16H,3,5,7,9,11-13H2,1-2H3,(H,21,25)(H,23,24). The number of benzene rings is 1. The number of carbonyl (C=O) groups excluding carboxylic acids is 2. The molecule has 2 N–H and O–H groups in total. The average Bonchev–Trinajstić information content (AvgIpc) is 2.67. The fourth-order valence-electron chi connectivity index (χ4n) is 3.12. The highest BCUT2D eigenvalue weighted by Crippen LogP contribution is 2.22. The molecule has 0 bridgehead atoms. The van der Waals surface area contributed by atoms with Gasteiger partial charge in [0.2, 0.25) is 11.8 Å². The number of thioether (sulfide) groups is 1. The van der Waals surface area contributed by atoms with Crippen molar-refractivity contribution in [2.75, 3.05) is 24.2 Å². The van der Waals surface area contributed by atoms with Gasteiger partial charge >= 0.3 is 5.97 Å². The van der Waals surface area contributed by atoms with Crippen LogP contribution in [0.2, 0.25) is 0 Å². The first-order chi connectivity index (χ1) is 12.9. The van der Waals surface area contributed by atoms with Crippen LogP contribution in [0.3, 0.4) is 0 Å². The molecule has 2 unspecified atom stereocenters. The van der Waals surface area contributed by atoms with Crippen molar-refractivity contribution < 1.29 is 19.5 Å². The Morgan fingerprint density at radius 2 is 2.15 bits per heavy atom. The van der Waals surface area contributed by atoms with Gasteiger partial charge in [0.25, 0.3) is 0 Å². The van der Waals surface area contributed by atoms with Gasteiger partial charge in [-0.15, -0.1) is 11.8 Å². The molecule has 6 nitrogen and oxygen atoms in total. The molecule has 0 saturated carbocycles. The Labute approximate surface area is 164 Å². The van der Waals surface area contributed by atoms with Crippen LogP contribution in [0, 0.1) is 11.8 Å². The smallest absolute Gasteiger partial charge is 0.313 e. The molecule has 2 rings (SSSR count). The second-order valence-electron chi connectivity index (χ2n) is 7.01. The van der Waals surface area contributed by atoms with Crippen LogP contribution in [0.25, 0.3) is 0 Å². The summed E-state index contributed by atoms with van der Waals surface area (Å²) in [5.74, 6) is -0.337. The summed E-state index contributed by atoms with van der Waals surface area (Å²) < 4.78 is 0. The number of hydrogen-bond acceptors (Lipinski definition) is 4. The number of anilines is 1. The molecule has 0 aromatic heterocycles. The second kappa shape index (κ2) is 10.3. The fraction of sp³-hybridized carbons (Fsp3) is 0.550. The minimum atomic E-state index is -0.835. The number of amides is 2. The van der Waals surface area contributed by atoms with E-state index in [0.29, 0.717) is 18.0 Å². The van der Waals surface area contributed by atoms with Crippen LogP contribution in [0.5, 0.6) is 0 Å². The number of hydrogen-bond donors (Lipinski definition) is 2. The van der Waals surface area contributed by atoms with Crippen molar-refractivity contribution in [2.45, 2.75) is 38.9 Å². The van der Waals surface area contributed by atoms with Crippen molar-refractivity contribution >= 4 is 35.2 Å². The summed E-state index contributed by atoms with van der Waals surface area (Å²) in [6.45, 7) is 5.13. The normalized spacial score (nSPS) is 18.0. The van der Waals surface area contributed by atoms with E-state index in [-0.39, 0.29) is 29.4 Å².